The van der Waals surface area contributed by atoms with Crippen LogP contribution in [-0.4, -0.2) is 17.9 Å². The fourth-order valence-electron chi connectivity index (χ4n) is 4.35. The van der Waals surface area contributed by atoms with Crippen molar-refractivity contribution in [2.24, 2.45) is 0 Å². The number of amides is 2. The Kier molecular flexibility index (Phi) is 5.84. The smallest absolute Gasteiger partial charge is 0.258 e. The van der Waals surface area contributed by atoms with Gasteiger partial charge in [0, 0.05) is 34.9 Å². The lowest BCUT2D eigenvalue weighted by Gasteiger charge is -2.43. The molecule has 5 heteroatoms. The van der Waals surface area contributed by atoms with Crippen LogP contribution in [0, 0.1) is 6.92 Å². The van der Waals surface area contributed by atoms with E-state index in [1.54, 1.807) is 24.0 Å². The van der Waals surface area contributed by atoms with Crippen LogP contribution in [0.2, 0.25) is 5.02 Å². The lowest BCUT2D eigenvalue weighted by molar-refractivity contribution is -0.117. The number of hydrogen-bond donors (Lipinski definition) is 0. The van der Waals surface area contributed by atoms with E-state index in [1.165, 1.54) is 0 Å². The Bertz CT molecular complexity index is 1110. The molecule has 0 aromatic heterocycles. The van der Waals surface area contributed by atoms with Crippen LogP contribution in [0.1, 0.15) is 47.8 Å². The van der Waals surface area contributed by atoms with E-state index >= 15 is 0 Å². The summed E-state index contributed by atoms with van der Waals surface area (Å²) < 4.78 is 0. The average Bonchev–Trinajstić information content (AvgIpc) is 2.75. The number of para-hydroxylation sites is 1. The molecular weight excluding hydrogens is 408 g/mol. The number of carbonyl (C=O) groups is 2. The van der Waals surface area contributed by atoms with E-state index in [0.717, 1.165) is 22.5 Å². The topological polar surface area (TPSA) is 40.6 Å². The number of nitrogens with zero attached hydrogens (tertiary/aromatic N) is 2. The molecule has 0 saturated heterocycles. The minimum atomic E-state index is -0.174. The van der Waals surface area contributed by atoms with Crippen LogP contribution in [0.25, 0.3) is 0 Å². The molecule has 4 rings (SSSR count). The van der Waals surface area contributed by atoms with Crippen LogP contribution in [0.5, 0.6) is 0 Å². The summed E-state index contributed by atoms with van der Waals surface area (Å²) >= 11 is 6.06. The predicted octanol–water partition coefficient (Wildman–Crippen LogP) is 6.18. The molecule has 0 radical (unpaired) electrons. The van der Waals surface area contributed by atoms with E-state index in [1.807, 2.05) is 79.4 Å². The second kappa shape index (κ2) is 8.56. The maximum absolute atomic E-state index is 13.4. The molecule has 0 bridgehead atoms. The van der Waals surface area contributed by atoms with E-state index < -0.39 is 0 Å². The van der Waals surface area contributed by atoms with Gasteiger partial charge in [0.2, 0.25) is 5.91 Å². The molecule has 0 unspecified atom stereocenters. The normalized spacial score (nSPS) is 17.7. The van der Waals surface area contributed by atoms with Crippen molar-refractivity contribution in [2.75, 3.05) is 9.80 Å². The molecule has 2 atom stereocenters. The highest BCUT2D eigenvalue weighted by Gasteiger charge is 2.38. The number of aryl methyl sites for hydroxylation is 1. The van der Waals surface area contributed by atoms with E-state index in [4.69, 9.17) is 11.6 Å². The number of benzene rings is 3. The molecule has 3 aromatic carbocycles. The third-order valence-corrected chi connectivity index (χ3v) is 6.09. The highest BCUT2D eigenvalue weighted by molar-refractivity contribution is 6.30. The first-order chi connectivity index (χ1) is 14.9. The van der Waals surface area contributed by atoms with E-state index in [2.05, 4.69) is 0 Å². The Morgan fingerprint density at radius 3 is 2.26 bits per heavy atom. The Labute approximate surface area is 188 Å². The largest absolute Gasteiger partial charge is 0.305 e. The lowest BCUT2D eigenvalue weighted by atomic mass is 9.89. The van der Waals surface area contributed by atoms with Gasteiger partial charge in [-0.3, -0.25) is 9.59 Å². The average molecular weight is 433 g/mol. The number of hydrogen-bond acceptors (Lipinski definition) is 2. The zero-order chi connectivity index (χ0) is 22.1. The summed E-state index contributed by atoms with van der Waals surface area (Å²) in [5.41, 5.74) is 4.38. The molecule has 3 aromatic rings. The maximum Gasteiger partial charge on any atom is 0.258 e. The Balaban J connectivity index is 1.77. The first-order valence-electron chi connectivity index (χ1n) is 10.4. The zero-order valence-corrected chi connectivity index (χ0v) is 18.6. The predicted molar refractivity (Wildman–Crippen MR) is 126 cm³/mol. The van der Waals surface area contributed by atoms with Gasteiger partial charge in [-0.05, 0) is 68.3 Å². The number of carbonyl (C=O) groups excluding carboxylic acids is 2. The number of rotatable bonds is 3. The monoisotopic (exact) mass is 432 g/mol. The van der Waals surface area contributed by atoms with Crippen LogP contribution in [0.4, 0.5) is 11.4 Å². The molecule has 1 aliphatic heterocycles. The SMILES string of the molecule is CC(=O)N(c1ccc(Cl)cc1)[C@@H]1C[C@H](C)N(C(=O)c2ccc(C)cc2)c2ccccc21. The minimum absolute atomic E-state index is 0.0285. The van der Waals surface area contributed by atoms with Crippen molar-refractivity contribution in [1.29, 1.82) is 0 Å². The molecule has 4 nitrogen and oxygen atoms in total. The summed E-state index contributed by atoms with van der Waals surface area (Å²) in [5, 5.41) is 0.625. The molecule has 2 amide bonds. The van der Waals surface area contributed by atoms with Crippen molar-refractivity contribution < 1.29 is 9.59 Å². The summed E-state index contributed by atoms with van der Waals surface area (Å²) in [7, 11) is 0. The van der Waals surface area contributed by atoms with Crippen molar-refractivity contribution in [2.45, 2.75) is 39.3 Å². The third-order valence-electron chi connectivity index (χ3n) is 5.83. The van der Waals surface area contributed by atoms with Crippen LogP contribution in [-0.2, 0) is 4.79 Å². The summed E-state index contributed by atoms with van der Waals surface area (Å²) in [5.74, 6) is -0.0769. The standard InChI is InChI=1S/C26H25ClN2O2/c1-17-8-10-20(11-9-17)26(31)28-18(2)16-25(23-6-4-5-7-24(23)28)29(19(3)30)22-14-12-21(27)13-15-22/h4-15,18,25H,16H2,1-3H3/t18-,25+/m0/s1. The summed E-state index contributed by atoms with van der Waals surface area (Å²) in [6, 6.07) is 22.6. The van der Waals surface area contributed by atoms with E-state index in [-0.39, 0.29) is 23.9 Å². The molecule has 0 N–H and O–H groups in total. The first-order valence-corrected chi connectivity index (χ1v) is 10.8. The molecule has 0 saturated carbocycles. The van der Waals surface area contributed by atoms with Gasteiger partial charge in [0.1, 0.15) is 0 Å². The van der Waals surface area contributed by atoms with Crippen LogP contribution in [0.15, 0.2) is 72.8 Å². The van der Waals surface area contributed by atoms with Gasteiger partial charge in [0.25, 0.3) is 5.91 Å². The first kappa shape index (κ1) is 21.1. The summed E-state index contributed by atoms with van der Waals surface area (Å²) in [4.78, 5) is 29.8. The minimum Gasteiger partial charge on any atom is -0.305 e. The molecule has 0 fully saturated rings. The highest BCUT2D eigenvalue weighted by atomic mass is 35.5. The molecule has 158 valence electrons. The molecule has 1 aliphatic rings. The van der Waals surface area contributed by atoms with Gasteiger partial charge in [-0.2, -0.15) is 0 Å². The number of anilines is 2. The van der Waals surface area contributed by atoms with Gasteiger partial charge in [-0.25, -0.2) is 0 Å². The fraction of sp³-hybridized carbons (Fsp3) is 0.231. The fourth-order valence-corrected chi connectivity index (χ4v) is 4.48. The number of halogens is 1. The summed E-state index contributed by atoms with van der Waals surface area (Å²) in [6.07, 6.45) is 0.636. The second-order valence-corrected chi connectivity index (χ2v) is 8.50. The molecular formula is C26H25ClN2O2. The van der Waals surface area contributed by atoms with Gasteiger partial charge in [-0.1, -0.05) is 47.5 Å². The van der Waals surface area contributed by atoms with Crippen molar-refractivity contribution in [3.8, 4) is 0 Å². The molecule has 0 aliphatic carbocycles. The van der Waals surface area contributed by atoms with Crippen LogP contribution < -0.4 is 9.80 Å². The quantitative estimate of drug-likeness (QED) is 0.495. The van der Waals surface area contributed by atoms with Gasteiger partial charge in [0.05, 0.1) is 6.04 Å². The van der Waals surface area contributed by atoms with Gasteiger partial charge in [0.15, 0.2) is 0 Å². The third kappa shape index (κ3) is 4.08. The Morgan fingerprint density at radius 2 is 1.61 bits per heavy atom. The Morgan fingerprint density at radius 1 is 0.968 bits per heavy atom. The van der Waals surface area contributed by atoms with Crippen molar-refractivity contribution in [1.82, 2.24) is 0 Å². The zero-order valence-electron chi connectivity index (χ0n) is 17.9. The Hall–Kier alpha value is -3.11. The van der Waals surface area contributed by atoms with Gasteiger partial charge < -0.3 is 9.80 Å². The second-order valence-electron chi connectivity index (χ2n) is 8.07. The highest BCUT2D eigenvalue weighted by Crippen LogP contribution is 2.42. The van der Waals surface area contributed by atoms with E-state index in [9.17, 15) is 9.59 Å². The molecule has 31 heavy (non-hydrogen) atoms. The van der Waals surface area contributed by atoms with Gasteiger partial charge in [-0.15, -0.1) is 0 Å². The van der Waals surface area contributed by atoms with Gasteiger partial charge >= 0.3 is 0 Å². The lowest BCUT2D eigenvalue weighted by Crippen LogP contribution is -2.47. The van der Waals surface area contributed by atoms with Crippen molar-refractivity contribution in [3.05, 3.63) is 94.5 Å². The van der Waals surface area contributed by atoms with Crippen molar-refractivity contribution in [3.63, 3.8) is 0 Å². The number of fused-ring (bicyclic) bond motifs is 1. The molecule has 1 heterocycles. The maximum atomic E-state index is 13.4. The summed E-state index contributed by atoms with van der Waals surface area (Å²) in [6.45, 7) is 5.62. The van der Waals surface area contributed by atoms with Crippen molar-refractivity contribution >= 4 is 34.8 Å². The van der Waals surface area contributed by atoms with Crippen LogP contribution >= 0.6 is 11.6 Å². The molecule has 0 spiro atoms. The van der Waals surface area contributed by atoms with Crippen LogP contribution in [0.3, 0.4) is 0 Å². The van der Waals surface area contributed by atoms with E-state index in [0.29, 0.717) is 17.0 Å².